The van der Waals surface area contributed by atoms with Gasteiger partial charge in [-0.1, -0.05) is 13.8 Å². The molecule has 2 atom stereocenters. The zero-order chi connectivity index (χ0) is 11.5. The summed E-state index contributed by atoms with van der Waals surface area (Å²) in [6.07, 6.45) is 1.53. The fourth-order valence-electron chi connectivity index (χ4n) is 1.58. The second-order valence-corrected chi connectivity index (χ2v) is 4.77. The van der Waals surface area contributed by atoms with E-state index in [0.717, 1.165) is 12.8 Å². The van der Waals surface area contributed by atoms with Crippen LogP contribution in [-0.4, -0.2) is 30.7 Å². The number of carbonyl (C=O) groups excluding carboxylic acids is 1. The molecule has 0 aromatic heterocycles. The van der Waals surface area contributed by atoms with Gasteiger partial charge in [-0.2, -0.15) is 0 Å². The lowest BCUT2D eigenvalue weighted by Gasteiger charge is -2.34. The van der Waals surface area contributed by atoms with E-state index in [1.54, 1.807) is 0 Å². The molecule has 1 heterocycles. The van der Waals surface area contributed by atoms with E-state index < -0.39 is 0 Å². The van der Waals surface area contributed by atoms with E-state index >= 15 is 0 Å². The van der Waals surface area contributed by atoms with Crippen LogP contribution in [0.5, 0.6) is 0 Å². The van der Waals surface area contributed by atoms with Gasteiger partial charge in [0.15, 0.2) is 0 Å². The summed E-state index contributed by atoms with van der Waals surface area (Å²) >= 11 is 0. The van der Waals surface area contributed by atoms with Crippen molar-refractivity contribution < 1.29 is 9.53 Å². The minimum Gasteiger partial charge on any atom is -0.368 e. The third kappa shape index (κ3) is 2.92. The molecule has 4 nitrogen and oxygen atoms in total. The molecule has 1 fully saturated rings. The van der Waals surface area contributed by atoms with Crippen molar-refractivity contribution in [3.8, 4) is 0 Å². The van der Waals surface area contributed by atoms with Crippen molar-refractivity contribution in [2.75, 3.05) is 13.2 Å². The molecule has 2 unspecified atom stereocenters. The van der Waals surface area contributed by atoms with Crippen molar-refractivity contribution in [1.29, 1.82) is 0 Å². The molecule has 15 heavy (non-hydrogen) atoms. The first-order valence-electron chi connectivity index (χ1n) is 5.63. The average Bonchev–Trinajstić information content (AvgIpc) is 2.70. The van der Waals surface area contributed by atoms with Gasteiger partial charge in [0, 0.05) is 13.2 Å². The Morgan fingerprint density at radius 1 is 1.67 bits per heavy atom. The van der Waals surface area contributed by atoms with Crippen molar-refractivity contribution >= 4 is 5.91 Å². The van der Waals surface area contributed by atoms with Crippen LogP contribution < -0.4 is 11.1 Å². The molecular formula is C11H22N2O2. The highest BCUT2D eigenvalue weighted by Gasteiger charge is 2.32. The number of rotatable bonds is 4. The number of nitrogens with one attached hydrogen (secondary N) is 1. The smallest absolute Gasteiger partial charge is 0.249 e. The Morgan fingerprint density at radius 2 is 2.33 bits per heavy atom. The van der Waals surface area contributed by atoms with Gasteiger partial charge in [-0.3, -0.25) is 4.79 Å². The van der Waals surface area contributed by atoms with Crippen molar-refractivity contribution in [1.82, 2.24) is 5.32 Å². The van der Waals surface area contributed by atoms with Gasteiger partial charge in [0.05, 0.1) is 5.54 Å². The lowest BCUT2D eigenvalue weighted by molar-refractivity contribution is -0.132. The quantitative estimate of drug-likeness (QED) is 0.722. The molecule has 0 spiro atoms. The maximum atomic E-state index is 11.8. The van der Waals surface area contributed by atoms with E-state index in [9.17, 15) is 4.79 Å². The summed E-state index contributed by atoms with van der Waals surface area (Å²) < 4.78 is 5.33. The van der Waals surface area contributed by atoms with E-state index in [2.05, 4.69) is 19.2 Å². The summed E-state index contributed by atoms with van der Waals surface area (Å²) in [5.74, 6) is 0.294. The predicted octanol–water partition coefficient (Wildman–Crippen LogP) is 0.655. The zero-order valence-corrected chi connectivity index (χ0v) is 9.88. The van der Waals surface area contributed by atoms with Gasteiger partial charge in [-0.15, -0.1) is 0 Å². The first-order chi connectivity index (χ1) is 6.99. The molecule has 0 aromatic rings. The molecule has 0 aromatic carbocycles. The minimum atomic E-state index is -0.330. The van der Waals surface area contributed by atoms with Crippen molar-refractivity contribution in [2.45, 2.75) is 45.3 Å². The molecule has 3 N–H and O–H groups in total. The summed E-state index contributed by atoms with van der Waals surface area (Å²) in [5.41, 5.74) is 5.37. The van der Waals surface area contributed by atoms with Crippen LogP contribution in [0, 0.1) is 5.92 Å². The van der Waals surface area contributed by atoms with E-state index in [0.29, 0.717) is 19.1 Å². The topological polar surface area (TPSA) is 64.3 Å². The number of ether oxygens (including phenoxy) is 1. The molecule has 1 aliphatic rings. The van der Waals surface area contributed by atoms with Gasteiger partial charge >= 0.3 is 0 Å². The van der Waals surface area contributed by atoms with Gasteiger partial charge in [0.2, 0.25) is 5.91 Å². The van der Waals surface area contributed by atoms with E-state index in [4.69, 9.17) is 10.5 Å². The maximum Gasteiger partial charge on any atom is 0.249 e. The molecule has 0 bridgehead atoms. The van der Waals surface area contributed by atoms with Crippen LogP contribution in [0.4, 0.5) is 0 Å². The van der Waals surface area contributed by atoms with Crippen LogP contribution in [0.15, 0.2) is 0 Å². The number of hydrogen-bond donors (Lipinski definition) is 2. The lowest BCUT2D eigenvalue weighted by Crippen LogP contribution is -2.57. The molecule has 4 heteroatoms. The van der Waals surface area contributed by atoms with Crippen molar-refractivity contribution in [2.24, 2.45) is 11.7 Å². The van der Waals surface area contributed by atoms with Crippen molar-refractivity contribution in [3.63, 3.8) is 0 Å². The second-order valence-electron chi connectivity index (χ2n) is 4.77. The molecule has 1 amide bonds. The first-order valence-corrected chi connectivity index (χ1v) is 5.63. The number of nitrogens with two attached hydrogens (primary N) is 1. The summed E-state index contributed by atoms with van der Waals surface area (Å²) in [6, 6.07) is 0. The Morgan fingerprint density at radius 3 is 2.73 bits per heavy atom. The average molecular weight is 214 g/mol. The van der Waals surface area contributed by atoms with Crippen LogP contribution in [-0.2, 0) is 9.53 Å². The van der Waals surface area contributed by atoms with E-state index in [1.807, 2.05) is 6.92 Å². The van der Waals surface area contributed by atoms with Crippen LogP contribution in [0.2, 0.25) is 0 Å². The largest absolute Gasteiger partial charge is 0.368 e. The van der Waals surface area contributed by atoms with Gasteiger partial charge in [-0.05, 0) is 25.7 Å². The Labute approximate surface area is 91.5 Å². The molecule has 0 aliphatic carbocycles. The van der Waals surface area contributed by atoms with Crippen molar-refractivity contribution in [3.05, 3.63) is 0 Å². The van der Waals surface area contributed by atoms with Crippen LogP contribution in [0.25, 0.3) is 0 Å². The molecule has 1 aliphatic heterocycles. The monoisotopic (exact) mass is 214 g/mol. The van der Waals surface area contributed by atoms with Gasteiger partial charge in [0.1, 0.15) is 6.10 Å². The SMILES string of the molecule is CC(C)C(C)(CN)NC(=O)C1CCCO1. The zero-order valence-electron chi connectivity index (χ0n) is 9.88. The van der Waals surface area contributed by atoms with E-state index in [1.165, 1.54) is 0 Å². The van der Waals surface area contributed by atoms with Crippen LogP contribution >= 0.6 is 0 Å². The number of hydrogen-bond acceptors (Lipinski definition) is 3. The summed E-state index contributed by atoms with van der Waals surface area (Å²) in [7, 11) is 0. The highest BCUT2D eigenvalue weighted by molar-refractivity contribution is 5.81. The Bertz CT molecular complexity index is 225. The minimum absolute atomic E-state index is 0.0193. The molecule has 1 rings (SSSR count). The van der Waals surface area contributed by atoms with Gasteiger partial charge in [0.25, 0.3) is 0 Å². The fourth-order valence-corrected chi connectivity index (χ4v) is 1.58. The summed E-state index contributed by atoms with van der Waals surface area (Å²) in [6.45, 7) is 7.23. The Kier molecular flexibility index (Phi) is 4.11. The Balaban J connectivity index is 2.54. The summed E-state index contributed by atoms with van der Waals surface area (Å²) in [4.78, 5) is 11.8. The van der Waals surface area contributed by atoms with E-state index in [-0.39, 0.29) is 17.6 Å². The van der Waals surface area contributed by atoms with Crippen LogP contribution in [0.3, 0.4) is 0 Å². The third-order valence-corrected chi connectivity index (χ3v) is 3.33. The molecule has 0 radical (unpaired) electrons. The van der Waals surface area contributed by atoms with Crippen LogP contribution in [0.1, 0.15) is 33.6 Å². The number of amides is 1. The summed E-state index contributed by atoms with van der Waals surface area (Å²) in [5, 5.41) is 3.00. The highest BCUT2D eigenvalue weighted by Crippen LogP contribution is 2.18. The standard InChI is InChI=1S/C11H22N2O2/c1-8(2)11(3,7-12)13-10(14)9-5-4-6-15-9/h8-9H,4-7,12H2,1-3H3,(H,13,14). The maximum absolute atomic E-state index is 11.8. The van der Waals surface area contributed by atoms with Gasteiger partial charge in [-0.25, -0.2) is 0 Å². The normalized spacial score (nSPS) is 25.3. The third-order valence-electron chi connectivity index (χ3n) is 3.33. The lowest BCUT2D eigenvalue weighted by atomic mass is 9.88. The Hall–Kier alpha value is -0.610. The van der Waals surface area contributed by atoms with Gasteiger partial charge < -0.3 is 15.8 Å². The first kappa shape index (κ1) is 12.5. The molecule has 0 saturated carbocycles. The predicted molar refractivity (Wildman–Crippen MR) is 59.4 cm³/mol. The number of carbonyl (C=O) groups is 1. The molecule has 1 saturated heterocycles. The molecular weight excluding hydrogens is 192 g/mol. The fraction of sp³-hybridized carbons (Fsp3) is 0.909. The second kappa shape index (κ2) is 4.94. The molecule has 88 valence electrons. The highest BCUT2D eigenvalue weighted by atomic mass is 16.5.